The second-order valence-corrected chi connectivity index (χ2v) is 4.94. The Morgan fingerprint density at radius 1 is 1.39 bits per heavy atom. The Labute approximate surface area is 105 Å². The van der Waals surface area contributed by atoms with Gasteiger partial charge in [-0.2, -0.15) is 0 Å². The average molecular weight is 261 g/mol. The van der Waals surface area contributed by atoms with E-state index in [4.69, 9.17) is 19.3 Å². The first-order chi connectivity index (χ1) is 8.28. The van der Waals surface area contributed by atoms with Crippen molar-refractivity contribution in [3.8, 4) is 0 Å². The molecule has 1 rings (SSSR count). The van der Waals surface area contributed by atoms with Crippen LogP contribution in [0.15, 0.2) is 0 Å². The van der Waals surface area contributed by atoms with Crippen molar-refractivity contribution in [2.24, 2.45) is 0 Å². The summed E-state index contributed by atoms with van der Waals surface area (Å²) in [6.45, 7) is 5.97. The second kappa shape index (κ2) is 6.01. The van der Waals surface area contributed by atoms with E-state index in [-0.39, 0.29) is 6.42 Å². The number of ether oxygens (including phenoxy) is 3. The number of hydrogen-bond donors (Lipinski definition) is 2. The number of rotatable bonds is 4. The molecule has 0 aliphatic carbocycles. The summed E-state index contributed by atoms with van der Waals surface area (Å²) in [6.07, 6.45) is -1.32. The van der Waals surface area contributed by atoms with Crippen LogP contribution < -0.4 is 5.32 Å². The van der Waals surface area contributed by atoms with Gasteiger partial charge in [0.2, 0.25) is 0 Å². The van der Waals surface area contributed by atoms with Gasteiger partial charge in [-0.25, -0.2) is 9.59 Å². The first-order valence-corrected chi connectivity index (χ1v) is 5.73. The Morgan fingerprint density at radius 2 is 1.94 bits per heavy atom. The Hall–Kier alpha value is -1.34. The van der Waals surface area contributed by atoms with E-state index < -0.39 is 30.0 Å². The van der Waals surface area contributed by atoms with Gasteiger partial charge in [0.05, 0.1) is 13.2 Å². The summed E-state index contributed by atoms with van der Waals surface area (Å²) in [5.41, 5.74) is -0.673. The molecular formula is C11H19NO6. The van der Waals surface area contributed by atoms with Gasteiger partial charge in [-0.3, -0.25) is 0 Å². The Morgan fingerprint density at radius 3 is 2.39 bits per heavy atom. The summed E-state index contributed by atoms with van der Waals surface area (Å²) in [5, 5.41) is 11.3. The molecule has 1 saturated heterocycles. The predicted octanol–water partition coefficient (Wildman–Crippen LogP) is 0.727. The van der Waals surface area contributed by atoms with Gasteiger partial charge in [0.25, 0.3) is 0 Å². The van der Waals surface area contributed by atoms with Crippen LogP contribution in [0.25, 0.3) is 0 Å². The fourth-order valence-electron chi connectivity index (χ4n) is 1.41. The molecule has 0 bridgehead atoms. The van der Waals surface area contributed by atoms with Gasteiger partial charge in [0.15, 0.2) is 6.29 Å². The number of amides is 1. The number of carbonyl (C=O) groups is 2. The zero-order valence-corrected chi connectivity index (χ0v) is 10.8. The predicted molar refractivity (Wildman–Crippen MR) is 61.1 cm³/mol. The smallest absolute Gasteiger partial charge is 0.408 e. The quantitative estimate of drug-likeness (QED) is 0.774. The Balaban J connectivity index is 2.46. The summed E-state index contributed by atoms with van der Waals surface area (Å²) in [5.74, 6) is -1.15. The zero-order chi connectivity index (χ0) is 13.8. The van der Waals surface area contributed by atoms with Crippen molar-refractivity contribution >= 4 is 12.1 Å². The number of carboxylic acids is 1. The van der Waals surface area contributed by atoms with E-state index in [1.165, 1.54) is 0 Å². The van der Waals surface area contributed by atoms with Gasteiger partial charge in [-0.15, -0.1) is 0 Å². The monoisotopic (exact) mass is 261 g/mol. The van der Waals surface area contributed by atoms with Crippen LogP contribution in [0.4, 0.5) is 4.79 Å². The van der Waals surface area contributed by atoms with E-state index in [0.29, 0.717) is 13.2 Å². The van der Waals surface area contributed by atoms with Crippen LogP contribution in [-0.2, 0) is 19.0 Å². The Bertz CT molecular complexity index is 305. The largest absolute Gasteiger partial charge is 0.480 e. The highest BCUT2D eigenvalue weighted by molar-refractivity contribution is 5.80. The van der Waals surface area contributed by atoms with Gasteiger partial charge in [0.1, 0.15) is 11.6 Å². The summed E-state index contributed by atoms with van der Waals surface area (Å²) in [4.78, 5) is 22.5. The molecule has 0 saturated carbocycles. The van der Waals surface area contributed by atoms with Crippen LogP contribution in [0.2, 0.25) is 0 Å². The van der Waals surface area contributed by atoms with E-state index in [1.54, 1.807) is 20.8 Å². The maximum Gasteiger partial charge on any atom is 0.408 e. The lowest BCUT2D eigenvalue weighted by molar-refractivity contribution is -0.142. The van der Waals surface area contributed by atoms with Crippen molar-refractivity contribution in [2.45, 2.75) is 45.1 Å². The first kappa shape index (κ1) is 14.7. The number of nitrogens with one attached hydrogen (secondary N) is 1. The topological polar surface area (TPSA) is 94.1 Å². The molecule has 1 atom stereocenters. The van der Waals surface area contributed by atoms with Crippen molar-refractivity contribution < 1.29 is 28.9 Å². The highest BCUT2D eigenvalue weighted by Crippen LogP contribution is 2.12. The molecule has 104 valence electrons. The molecule has 0 aromatic rings. The Kier molecular flexibility index (Phi) is 4.92. The minimum absolute atomic E-state index is 0.0502. The van der Waals surface area contributed by atoms with Crippen LogP contribution in [0.5, 0.6) is 0 Å². The van der Waals surface area contributed by atoms with Crippen LogP contribution in [-0.4, -0.2) is 48.3 Å². The van der Waals surface area contributed by atoms with E-state index in [1.807, 2.05) is 0 Å². The third-order valence-electron chi connectivity index (χ3n) is 2.11. The first-order valence-electron chi connectivity index (χ1n) is 5.73. The number of carbonyl (C=O) groups excluding carboxylic acids is 1. The molecule has 18 heavy (non-hydrogen) atoms. The van der Waals surface area contributed by atoms with Crippen LogP contribution in [0.1, 0.15) is 27.2 Å². The molecule has 1 fully saturated rings. The highest BCUT2D eigenvalue weighted by Gasteiger charge is 2.29. The minimum Gasteiger partial charge on any atom is -0.480 e. The fraction of sp³-hybridized carbons (Fsp3) is 0.818. The van der Waals surface area contributed by atoms with E-state index >= 15 is 0 Å². The standard InChI is InChI=1S/C11H19NO6/c1-11(2,3)18-10(15)12-7(9(13)14)6-8-16-4-5-17-8/h7-8H,4-6H2,1-3H3,(H,12,15)(H,13,14)/t7-/m1/s1. The van der Waals surface area contributed by atoms with E-state index in [2.05, 4.69) is 5.32 Å². The van der Waals surface area contributed by atoms with Crippen molar-refractivity contribution in [3.05, 3.63) is 0 Å². The number of hydrogen-bond acceptors (Lipinski definition) is 5. The molecule has 0 spiro atoms. The normalized spacial score (nSPS) is 18.4. The van der Waals surface area contributed by atoms with Gasteiger partial charge >= 0.3 is 12.1 Å². The fourth-order valence-corrected chi connectivity index (χ4v) is 1.41. The maximum atomic E-state index is 11.5. The molecule has 0 aromatic heterocycles. The van der Waals surface area contributed by atoms with Crippen LogP contribution in [0.3, 0.4) is 0 Å². The van der Waals surface area contributed by atoms with Crippen LogP contribution in [0, 0.1) is 0 Å². The van der Waals surface area contributed by atoms with Crippen molar-refractivity contribution in [3.63, 3.8) is 0 Å². The lowest BCUT2D eigenvalue weighted by Gasteiger charge is -2.22. The van der Waals surface area contributed by atoms with Gasteiger partial charge in [0, 0.05) is 6.42 Å². The third kappa shape index (κ3) is 5.33. The molecule has 2 N–H and O–H groups in total. The zero-order valence-electron chi connectivity index (χ0n) is 10.8. The lowest BCUT2D eigenvalue weighted by Crippen LogP contribution is -2.45. The molecule has 0 unspecified atom stereocenters. The lowest BCUT2D eigenvalue weighted by atomic mass is 10.2. The van der Waals surface area contributed by atoms with Gasteiger partial charge in [-0.1, -0.05) is 0 Å². The van der Waals surface area contributed by atoms with Crippen molar-refractivity contribution in [2.75, 3.05) is 13.2 Å². The van der Waals surface area contributed by atoms with Crippen molar-refractivity contribution in [1.29, 1.82) is 0 Å². The molecule has 7 nitrogen and oxygen atoms in total. The summed E-state index contributed by atoms with van der Waals surface area (Å²) in [6, 6.07) is -1.09. The molecule has 7 heteroatoms. The molecule has 1 amide bonds. The molecular weight excluding hydrogens is 242 g/mol. The minimum atomic E-state index is -1.15. The number of alkyl carbamates (subject to hydrolysis) is 1. The molecule has 1 aliphatic rings. The molecule has 0 radical (unpaired) electrons. The van der Waals surface area contributed by atoms with Crippen molar-refractivity contribution in [1.82, 2.24) is 5.32 Å². The average Bonchev–Trinajstić information content (AvgIpc) is 2.66. The molecule has 1 heterocycles. The van der Waals surface area contributed by atoms with Crippen LogP contribution >= 0.6 is 0 Å². The van der Waals surface area contributed by atoms with E-state index in [0.717, 1.165) is 0 Å². The summed E-state index contributed by atoms with van der Waals surface area (Å²) < 4.78 is 15.3. The van der Waals surface area contributed by atoms with Gasteiger partial charge in [-0.05, 0) is 20.8 Å². The SMILES string of the molecule is CC(C)(C)OC(=O)N[C@H](CC1OCCO1)C(=O)O. The highest BCUT2D eigenvalue weighted by atomic mass is 16.7. The second-order valence-electron chi connectivity index (χ2n) is 4.94. The number of aliphatic carboxylic acids is 1. The third-order valence-corrected chi connectivity index (χ3v) is 2.11. The maximum absolute atomic E-state index is 11.5. The molecule has 0 aromatic carbocycles. The summed E-state index contributed by atoms with van der Waals surface area (Å²) in [7, 11) is 0. The summed E-state index contributed by atoms with van der Waals surface area (Å²) >= 11 is 0. The van der Waals surface area contributed by atoms with Gasteiger partial charge < -0.3 is 24.6 Å². The molecule has 1 aliphatic heterocycles. The van der Waals surface area contributed by atoms with E-state index in [9.17, 15) is 9.59 Å². The number of carboxylic acid groups (broad SMARTS) is 1.